The SMILES string of the molecule is Brc1ccc2c(c1)OCCOCCOCCOc1cc(Br)ccc1OCCOCCOCCOCCOCCOCCO2. The maximum atomic E-state index is 5.88. The van der Waals surface area contributed by atoms with Crippen LogP contribution in [0.25, 0.3) is 0 Å². The monoisotopic (exact) mass is 736 g/mol. The predicted molar refractivity (Wildman–Crippen MR) is 166 cm³/mol. The largest absolute Gasteiger partial charge is 0.487 e. The van der Waals surface area contributed by atoms with E-state index in [0.717, 1.165) is 8.95 Å². The van der Waals surface area contributed by atoms with E-state index in [2.05, 4.69) is 31.9 Å². The van der Waals surface area contributed by atoms with Gasteiger partial charge in [0.2, 0.25) is 0 Å². The lowest BCUT2D eigenvalue weighted by atomic mass is 10.3. The molecule has 1 aliphatic heterocycles. The van der Waals surface area contributed by atoms with E-state index in [4.69, 9.17) is 52.1 Å². The van der Waals surface area contributed by atoms with Crippen molar-refractivity contribution in [3.8, 4) is 23.0 Å². The number of fused-ring (bicyclic) bond motifs is 2. The summed E-state index contributed by atoms with van der Waals surface area (Å²) in [6, 6.07) is 11.2. The van der Waals surface area contributed by atoms with Crippen molar-refractivity contribution in [1.29, 1.82) is 0 Å². The highest BCUT2D eigenvalue weighted by molar-refractivity contribution is 9.10. The van der Waals surface area contributed by atoms with Crippen molar-refractivity contribution in [2.45, 2.75) is 0 Å². The minimum atomic E-state index is 0.372. The molecule has 0 N–H and O–H groups in total. The molecule has 1 aliphatic rings. The standard InChI is InChI=1S/C30H42Br2O11/c31-25-1-3-27-29(23-25)42-21-17-38-13-14-39-18-22-43-30-24-26(32)2-4-28(30)41-20-16-37-12-10-35-8-6-33-5-7-34-9-11-36-15-19-40-27/h1-4,23-24H,5-22H2. The van der Waals surface area contributed by atoms with Gasteiger partial charge in [-0.15, -0.1) is 0 Å². The molecule has 11 nitrogen and oxygen atoms in total. The van der Waals surface area contributed by atoms with Gasteiger partial charge >= 0.3 is 0 Å². The van der Waals surface area contributed by atoms with E-state index in [9.17, 15) is 0 Å². The van der Waals surface area contributed by atoms with Crippen molar-refractivity contribution >= 4 is 31.9 Å². The highest BCUT2D eigenvalue weighted by Gasteiger charge is 2.08. The number of benzene rings is 2. The normalized spacial score (nSPS) is 19.2. The molecule has 0 bridgehead atoms. The molecule has 0 aromatic heterocycles. The third kappa shape index (κ3) is 16.8. The molecular weight excluding hydrogens is 696 g/mol. The summed E-state index contributed by atoms with van der Waals surface area (Å²) in [7, 11) is 0. The Bertz CT molecular complexity index is 921. The fraction of sp³-hybridized carbons (Fsp3) is 0.600. The van der Waals surface area contributed by atoms with Gasteiger partial charge in [0.05, 0.1) is 92.5 Å². The molecule has 0 saturated heterocycles. The van der Waals surface area contributed by atoms with Gasteiger partial charge in [0.1, 0.15) is 26.4 Å². The van der Waals surface area contributed by atoms with Gasteiger partial charge in [0.15, 0.2) is 23.0 Å². The number of rotatable bonds is 0. The molecule has 43 heavy (non-hydrogen) atoms. The highest BCUT2D eigenvalue weighted by atomic mass is 79.9. The minimum absolute atomic E-state index is 0.372. The summed E-state index contributed by atoms with van der Waals surface area (Å²) in [5, 5.41) is 0. The molecule has 3 rings (SSSR count). The van der Waals surface area contributed by atoms with E-state index in [1.54, 1.807) is 0 Å². The topological polar surface area (TPSA) is 102 Å². The fourth-order valence-corrected chi connectivity index (χ4v) is 4.25. The van der Waals surface area contributed by atoms with Crippen molar-refractivity contribution in [2.24, 2.45) is 0 Å². The summed E-state index contributed by atoms with van der Waals surface area (Å²) in [6.07, 6.45) is 0. The number of hydrogen-bond donors (Lipinski definition) is 0. The lowest BCUT2D eigenvalue weighted by Gasteiger charge is -2.14. The second kappa shape index (κ2) is 23.7. The molecule has 0 aliphatic carbocycles. The second-order valence-electron chi connectivity index (χ2n) is 8.86. The molecule has 13 heteroatoms. The van der Waals surface area contributed by atoms with Gasteiger partial charge < -0.3 is 52.1 Å². The molecule has 0 unspecified atom stereocenters. The van der Waals surface area contributed by atoms with Crippen LogP contribution in [0.1, 0.15) is 0 Å². The average Bonchev–Trinajstić information content (AvgIpc) is 3.00. The molecule has 0 saturated carbocycles. The lowest BCUT2D eigenvalue weighted by Crippen LogP contribution is -2.15. The number of halogens is 2. The van der Waals surface area contributed by atoms with Crippen LogP contribution in [-0.4, -0.2) is 119 Å². The van der Waals surface area contributed by atoms with Crippen LogP contribution in [0.3, 0.4) is 0 Å². The molecular formula is C30H42Br2O11. The van der Waals surface area contributed by atoms with Crippen LogP contribution < -0.4 is 18.9 Å². The molecule has 0 atom stereocenters. The first-order valence-corrected chi connectivity index (χ1v) is 16.0. The Labute approximate surface area is 270 Å². The first kappa shape index (κ1) is 35.8. The van der Waals surface area contributed by atoms with Crippen molar-refractivity contribution in [3.05, 3.63) is 45.3 Å². The molecule has 0 spiro atoms. The van der Waals surface area contributed by atoms with Crippen molar-refractivity contribution in [3.63, 3.8) is 0 Å². The molecule has 242 valence electrons. The van der Waals surface area contributed by atoms with Gasteiger partial charge in [-0.1, -0.05) is 31.9 Å². The van der Waals surface area contributed by atoms with Crippen LogP contribution in [0.4, 0.5) is 0 Å². The summed E-state index contributed by atoms with van der Waals surface area (Å²) >= 11 is 6.96. The van der Waals surface area contributed by atoms with Crippen molar-refractivity contribution in [1.82, 2.24) is 0 Å². The summed E-state index contributed by atoms with van der Waals surface area (Å²) in [5.41, 5.74) is 0. The zero-order chi connectivity index (χ0) is 30.2. The quantitative estimate of drug-likeness (QED) is 0.381. The summed E-state index contributed by atoms with van der Waals surface area (Å²) in [6.45, 7) is 7.96. The van der Waals surface area contributed by atoms with E-state index in [1.165, 1.54) is 0 Å². The molecule has 0 amide bonds. The number of ether oxygens (including phenoxy) is 11. The second-order valence-corrected chi connectivity index (χ2v) is 10.7. The van der Waals surface area contributed by atoms with Crippen LogP contribution in [0.2, 0.25) is 0 Å². The third-order valence-electron chi connectivity index (χ3n) is 5.61. The zero-order valence-electron chi connectivity index (χ0n) is 24.4. The van der Waals surface area contributed by atoms with Crippen molar-refractivity contribution in [2.75, 3.05) is 119 Å². The first-order valence-electron chi connectivity index (χ1n) is 14.4. The Kier molecular flexibility index (Phi) is 19.7. The predicted octanol–water partition coefficient (Wildman–Crippen LogP) is 4.56. The van der Waals surface area contributed by atoms with Gasteiger partial charge in [-0.05, 0) is 36.4 Å². The minimum Gasteiger partial charge on any atom is -0.487 e. The maximum absolute atomic E-state index is 5.88. The van der Waals surface area contributed by atoms with Gasteiger partial charge in [0.25, 0.3) is 0 Å². The first-order chi connectivity index (χ1) is 21.2. The molecule has 0 radical (unpaired) electrons. The fourth-order valence-electron chi connectivity index (χ4n) is 3.57. The Morgan fingerprint density at radius 1 is 0.302 bits per heavy atom. The average molecular weight is 738 g/mol. The molecule has 1 heterocycles. The van der Waals surface area contributed by atoms with E-state index in [0.29, 0.717) is 142 Å². The summed E-state index contributed by atoms with van der Waals surface area (Å²) in [4.78, 5) is 0. The smallest absolute Gasteiger partial charge is 0.162 e. The number of hydrogen-bond acceptors (Lipinski definition) is 11. The molecule has 2 aromatic rings. The summed E-state index contributed by atoms with van der Waals surface area (Å²) in [5.74, 6) is 2.54. The Hall–Kier alpha value is -1.68. The van der Waals surface area contributed by atoms with E-state index in [-0.39, 0.29) is 0 Å². The van der Waals surface area contributed by atoms with E-state index < -0.39 is 0 Å². The summed E-state index contributed by atoms with van der Waals surface area (Å²) < 4.78 is 64.3. The van der Waals surface area contributed by atoms with E-state index in [1.807, 2.05) is 36.4 Å². The highest BCUT2D eigenvalue weighted by Crippen LogP contribution is 2.31. The van der Waals surface area contributed by atoms with Gasteiger partial charge in [-0.2, -0.15) is 0 Å². The van der Waals surface area contributed by atoms with Crippen LogP contribution in [0.5, 0.6) is 23.0 Å². The lowest BCUT2D eigenvalue weighted by molar-refractivity contribution is -0.0142. The van der Waals surface area contributed by atoms with Gasteiger partial charge in [-0.25, -0.2) is 0 Å². The van der Waals surface area contributed by atoms with E-state index >= 15 is 0 Å². The van der Waals surface area contributed by atoms with Gasteiger partial charge in [0, 0.05) is 8.95 Å². The van der Waals surface area contributed by atoms with Crippen molar-refractivity contribution < 1.29 is 52.1 Å². The van der Waals surface area contributed by atoms with Crippen LogP contribution in [-0.2, 0) is 33.2 Å². The Morgan fingerprint density at radius 2 is 0.535 bits per heavy atom. The third-order valence-corrected chi connectivity index (χ3v) is 6.60. The Balaban J connectivity index is 1.40. The van der Waals surface area contributed by atoms with Crippen LogP contribution >= 0.6 is 31.9 Å². The Morgan fingerprint density at radius 3 is 0.814 bits per heavy atom. The molecule has 0 fully saturated rings. The van der Waals surface area contributed by atoms with Crippen LogP contribution in [0, 0.1) is 0 Å². The van der Waals surface area contributed by atoms with Crippen LogP contribution in [0.15, 0.2) is 45.3 Å². The van der Waals surface area contributed by atoms with Gasteiger partial charge in [-0.3, -0.25) is 0 Å². The molecule has 2 aromatic carbocycles. The maximum Gasteiger partial charge on any atom is 0.162 e. The zero-order valence-corrected chi connectivity index (χ0v) is 27.6.